The zero-order valence-electron chi connectivity index (χ0n) is 10.7. The van der Waals surface area contributed by atoms with Gasteiger partial charge in [-0.25, -0.2) is 0 Å². The smallest absolute Gasteiger partial charge is 0.133 e. The lowest BCUT2D eigenvalue weighted by atomic mass is 9.74. The molecule has 1 aliphatic carbocycles. The lowest BCUT2D eigenvalue weighted by molar-refractivity contribution is -0.120. The topological polar surface area (TPSA) is 17.1 Å². The Labute approximate surface area is 113 Å². The summed E-state index contributed by atoms with van der Waals surface area (Å²) in [6, 6.07) is 8.56. The number of thioether (sulfide) groups is 1. The number of carbonyl (C=O) groups is 1. The molecule has 18 heavy (non-hydrogen) atoms. The van der Waals surface area contributed by atoms with Crippen LogP contribution in [-0.2, 0) is 11.2 Å². The SMILES string of the molecule is O=C(CC1CCSCC1)CC1Cc2ccccc21. The zero-order valence-corrected chi connectivity index (χ0v) is 11.5. The number of carbonyl (C=O) groups excluding carboxylic acids is 1. The lowest BCUT2D eigenvalue weighted by Crippen LogP contribution is -2.22. The molecule has 0 N–H and O–H groups in total. The molecule has 96 valence electrons. The van der Waals surface area contributed by atoms with Crippen molar-refractivity contribution in [2.45, 2.75) is 38.0 Å². The van der Waals surface area contributed by atoms with E-state index in [1.165, 1.54) is 35.5 Å². The van der Waals surface area contributed by atoms with Crippen LogP contribution in [0.4, 0.5) is 0 Å². The van der Waals surface area contributed by atoms with Gasteiger partial charge in [-0.3, -0.25) is 4.79 Å². The van der Waals surface area contributed by atoms with E-state index in [-0.39, 0.29) is 0 Å². The summed E-state index contributed by atoms with van der Waals surface area (Å²) < 4.78 is 0. The van der Waals surface area contributed by atoms with E-state index in [2.05, 4.69) is 24.3 Å². The second-order valence-electron chi connectivity index (χ2n) is 5.60. The molecule has 0 radical (unpaired) electrons. The molecule has 0 saturated carbocycles. The van der Waals surface area contributed by atoms with Gasteiger partial charge < -0.3 is 0 Å². The van der Waals surface area contributed by atoms with E-state index >= 15 is 0 Å². The van der Waals surface area contributed by atoms with Crippen molar-refractivity contribution in [1.29, 1.82) is 0 Å². The number of benzene rings is 1. The van der Waals surface area contributed by atoms with E-state index in [0.717, 1.165) is 19.3 Å². The summed E-state index contributed by atoms with van der Waals surface area (Å²) in [5.74, 6) is 4.20. The van der Waals surface area contributed by atoms with Crippen LogP contribution in [0.5, 0.6) is 0 Å². The first kappa shape index (κ1) is 12.3. The highest BCUT2D eigenvalue weighted by Gasteiger charge is 2.28. The Hall–Kier alpha value is -0.760. The fourth-order valence-electron chi connectivity index (χ4n) is 3.18. The zero-order chi connectivity index (χ0) is 12.4. The predicted octanol–water partition coefficient (Wildman–Crippen LogP) is 3.82. The Morgan fingerprint density at radius 2 is 1.94 bits per heavy atom. The number of ketones is 1. The molecular weight excluding hydrogens is 240 g/mol. The van der Waals surface area contributed by atoms with E-state index in [1.54, 1.807) is 0 Å². The molecule has 2 heteroatoms. The average Bonchev–Trinajstić information content (AvgIpc) is 2.37. The Kier molecular flexibility index (Phi) is 3.74. The molecule has 1 aromatic carbocycles. The van der Waals surface area contributed by atoms with E-state index in [4.69, 9.17) is 0 Å². The Morgan fingerprint density at radius 3 is 2.72 bits per heavy atom. The minimum atomic E-state index is 0.492. The molecule has 1 unspecified atom stereocenters. The van der Waals surface area contributed by atoms with Crippen molar-refractivity contribution >= 4 is 17.5 Å². The fraction of sp³-hybridized carbons (Fsp3) is 0.562. The predicted molar refractivity (Wildman–Crippen MR) is 77.2 cm³/mol. The van der Waals surface area contributed by atoms with E-state index in [1.807, 2.05) is 11.8 Å². The molecule has 1 saturated heterocycles. The van der Waals surface area contributed by atoms with Crippen molar-refractivity contribution in [1.82, 2.24) is 0 Å². The molecular formula is C16H20OS. The molecule has 3 rings (SSSR count). The summed E-state index contributed by atoms with van der Waals surface area (Å²) in [5.41, 5.74) is 2.87. The summed E-state index contributed by atoms with van der Waals surface area (Å²) in [6.07, 6.45) is 5.22. The van der Waals surface area contributed by atoms with Crippen LogP contribution in [0, 0.1) is 5.92 Å². The first-order valence-electron chi connectivity index (χ1n) is 7.00. The molecule has 2 aliphatic rings. The highest BCUT2D eigenvalue weighted by Crippen LogP contribution is 2.38. The van der Waals surface area contributed by atoms with Gasteiger partial charge in [-0.05, 0) is 53.7 Å². The molecule has 0 spiro atoms. The molecule has 0 bridgehead atoms. The van der Waals surface area contributed by atoms with Gasteiger partial charge in [0.05, 0.1) is 0 Å². The highest BCUT2D eigenvalue weighted by atomic mass is 32.2. The molecule has 0 amide bonds. The van der Waals surface area contributed by atoms with Gasteiger partial charge in [0.25, 0.3) is 0 Å². The molecule has 1 heterocycles. The molecule has 1 aromatic rings. The summed E-state index contributed by atoms with van der Waals surface area (Å²) in [7, 11) is 0. The third-order valence-corrected chi connectivity index (χ3v) is 5.34. The molecule has 1 fully saturated rings. The molecule has 1 aliphatic heterocycles. The van der Waals surface area contributed by atoms with Gasteiger partial charge >= 0.3 is 0 Å². The molecule has 1 nitrogen and oxygen atoms in total. The minimum Gasteiger partial charge on any atom is -0.300 e. The second-order valence-corrected chi connectivity index (χ2v) is 6.83. The fourth-order valence-corrected chi connectivity index (χ4v) is 4.38. The van der Waals surface area contributed by atoms with E-state index in [9.17, 15) is 4.79 Å². The van der Waals surface area contributed by atoms with Crippen LogP contribution >= 0.6 is 11.8 Å². The van der Waals surface area contributed by atoms with Crippen LogP contribution in [0.2, 0.25) is 0 Å². The van der Waals surface area contributed by atoms with Gasteiger partial charge in [0.15, 0.2) is 0 Å². The van der Waals surface area contributed by atoms with Gasteiger partial charge in [0.2, 0.25) is 0 Å². The number of Topliss-reactive ketones (excluding diaryl/α,β-unsaturated/α-hetero) is 1. The maximum atomic E-state index is 12.1. The van der Waals surface area contributed by atoms with Crippen LogP contribution in [0.15, 0.2) is 24.3 Å². The van der Waals surface area contributed by atoms with Crippen molar-refractivity contribution < 1.29 is 4.79 Å². The highest BCUT2D eigenvalue weighted by molar-refractivity contribution is 7.99. The van der Waals surface area contributed by atoms with Crippen molar-refractivity contribution in [2.24, 2.45) is 5.92 Å². The maximum absolute atomic E-state index is 12.1. The summed E-state index contributed by atoms with van der Waals surface area (Å²) in [5, 5.41) is 0. The Morgan fingerprint density at radius 1 is 1.17 bits per heavy atom. The van der Waals surface area contributed by atoms with Gasteiger partial charge in [-0.15, -0.1) is 0 Å². The number of hydrogen-bond donors (Lipinski definition) is 0. The van der Waals surface area contributed by atoms with Crippen LogP contribution < -0.4 is 0 Å². The summed E-state index contributed by atoms with van der Waals surface area (Å²) in [6.45, 7) is 0. The first-order chi connectivity index (χ1) is 8.83. The monoisotopic (exact) mass is 260 g/mol. The van der Waals surface area contributed by atoms with Gasteiger partial charge in [0, 0.05) is 12.8 Å². The number of hydrogen-bond acceptors (Lipinski definition) is 2. The Bertz CT molecular complexity index is 434. The quantitative estimate of drug-likeness (QED) is 0.818. The van der Waals surface area contributed by atoms with Gasteiger partial charge in [-0.1, -0.05) is 24.3 Å². The van der Waals surface area contributed by atoms with Crippen LogP contribution in [0.3, 0.4) is 0 Å². The second kappa shape index (κ2) is 5.48. The van der Waals surface area contributed by atoms with E-state index in [0.29, 0.717) is 17.6 Å². The van der Waals surface area contributed by atoms with Crippen molar-refractivity contribution in [3.63, 3.8) is 0 Å². The van der Waals surface area contributed by atoms with Crippen LogP contribution in [0.25, 0.3) is 0 Å². The largest absolute Gasteiger partial charge is 0.300 e. The van der Waals surface area contributed by atoms with Crippen LogP contribution in [0.1, 0.15) is 42.7 Å². The third-order valence-electron chi connectivity index (χ3n) is 4.29. The van der Waals surface area contributed by atoms with E-state index < -0.39 is 0 Å². The summed E-state index contributed by atoms with van der Waals surface area (Å²) >= 11 is 2.03. The lowest BCUT2D eigenvalue weighted by Gasteiger charge is -2.30. The van der Waals surface area contributed by atoms with Crippen molar-refractivity contribution in [2.75, 3.05) is 11.5 Å². The molecule has 0 aromatic heterocycles. The first-order valence-corrected chi connectivity index (χ1v) is 8.15. The minimum absolute atomic E-state index is 0.492. The maximum Gasteiger partial charge on any atom is 0.133 e. The number of rotatable bonds is 4. The van der Waals surface area contributed by atoms with Crippen LogP contribution in [-0.4, -0.2) is 17.3 Å². The standard InChI is InChI=1S/C16H20OS/c17-15(9-12-5-7-18-8-6-12)11-14-10-13-3-1-2-4-16(13)14/h1-4,12,14H,5-11H2. The Balaban J connectivity index is 1.50. The van der Waals surface area contributed by atoms with Gasteiger partial charge in [0.1, 0.15) is 5.78 Å². The van der Waals surface area contributed by atoms with Gasteiger partial charge in [-0.2, -0.15) is 11.8 Å². The number of fused-ring (bicyclic) bond motifs is 1. The normalized spacial score (nSPS) is 23.2. The third kappa shape index (κ3) is 2.64. The van der Waals surface area contributed by atoms with Crippen molar-refractivity contribution in [3.05, 3.63) is 35.4 Å². The van der Waals surface area contributed by atoms with Crippen molar-refractivity contribution in [3.8, 4) is 0 Å². The molecule has 1 atom stereocenters. The average molecular weight is 260 g/mol. The summed E-state index contributed by atoms with van der Waals surface area (Å²) in [4.78, 5) is 12.1.